The van der Waals surface area contributed by atoms with Gasteiger partial charge in [0, 0.05) is 17.7 Å². The van der Waals surface area contributed by atoms with Crippen LogP contribution in [0.2, 0.25) is 0 Å². The number of rotatable bonds is 14. The number of amides is 1. The smallest absolute Gasteiger partial charge is 0.326 e. The number of carboxylic acids is 1. The highest BCUT2D eigenvalue weighted by atomic mass is 16.6. The van der Waals surface area contributed by atoms with Crippen molar-refractivity contribution in [3.63, 3.8) is 0 Å². The largest absolute Gasteiger partial charge is 0.480 e. The molecule has 41 heavy (non-hydrogen) atoms. The standard InChI is InChI=1S/C24H27N7O10/c25-24-30-20-18(22(38)31-24)28-13(8-27-20)7-26-12-3-1-11(2-4-12)21(37)29-14(23(39)40)5-6-17(35)41-16(10-33)19(36)15(34)9-32/h1-4,8,10,14-16,19,26,32,34,36H,5-7,9H2,(H,29,37)(H,39,40)(H3,25,27,30,31,38)/t14?,15-,16+,19-/m1/s1. The molecule has 0 radical (unpaired) electrons. The molecule has 0 aliphatic heterocycles. The van der Waals surface area contributed by atoms with E-state index in [0.29, 0.717) is 11.4 Å². The molecule has 0 fully saturated rings. The van der Waals surface area contributed by atoms with Crippen LogP contribution in [0.1, 0.15) is 28.9 Å². The number of anilines is 2. The Morgan fingerprint density at radius 2 is 1.85 bits per heavy atom. The molecule has 17 heteroatoms. The van der Waals surface area contributed by atoms with E-state index in [9.17, 15) is 39.3 Å². The van der Waals surface area contributed by atoms with E-state index >= 15 is 0 Å². The molecule has 1 amide bonds. The number of aliphatic hydroxyl groups excluding tert-OH is 3. The molecule has 218 valence electrons. The van der Waals surface area contributed by atoms with Crippen molar-refractivity contribution < 1.29 is 44.3 Å². The second-order valence-electron chi connectivity index (χ2n) is 8.65. The van der Waals surface area contributed by atoms with E-state index in [0.717, 1.165) is 0 Å². The molecule has 17 nitrogen and oxygen atoms in total. The Labute approximate surface area is 230 Å². The first kappa shape index (κ1) is 30.5. The summed E-state index contributed by atoms with van der Waals surface area (Å²) >= 11 is 0. The molecule has 1 unspecified atom stereocenters. The number of nitrogens with two attached hydrogens (primary N) is 1. The lowest BCUT2D eigenvalue weighted by Crippen LogP contribution is -2.43. The third-order valence-corrected chi connectivity index (χ3v) is 5.67. The van der Waals surface area contributed by atoms with Crippen molar-refractivity contribution in [2.75, 3.05) is 17.7 Å². The summed E-state index contributed by atoms with van der Waals surface area (Å²) < 4.78 is 4.73. The Kier molecular flexibility index (Phi) is 10.3. The zero-order chi connectivity index (χ0) is 30.1. The zero-order valence-corrected chi connectivity index (χ0v) is 21.3. The molecule has 0 saturated carbocycles. The lowest BCUT2D eigenvalue weighted by atomic mass is 10.1. The van der Waals surface area contributed by atoms with Gasteiger partial charge in [-0.15, -0.1) is 0 Å². The molecule has 0 aliphatic carbocycles. The molecule has 0 aliphatic rings. The number of nitrogens with one attached hydrogen (secondary N) is 3. The summed E-state index contributed by atoms with van der Waals surface area (Å²) in [6.07, 6.45) is -4.86. The molecule has 0 spiro atoms. The van der Waals surface area contributed by atoms with Crippen LogP contribution < -0.4 is 21.9 Å². The topological polar surface area (TPSA) is 280 Å². The highest BCUT2D eigenvalue weighted by Crippen LogP contribution is 2.13. The van der Waals surface area contributed by atoms with Crippen LogP contribution in [0.25, 0.3) is 11.2 Å². The number of hydrogen-bond acceptors (Lipinski definition) is 14. The van der Waals surface area contributed by atoms with Crippen LogP contribution >= 0.6 is 0 Å². The fraction of sp³-hybridized carbons (Fsp3) is 0.333. The number of H-pyrrole nitrogens is 1. The molecule has 3 aromatic rings. The number of carboxylic acid groups (broad SMARTS) is 1. The number of hydrogen-bond donors (Lipinski definition) is 8. The predicted molar refractivity (Wildman–Crippen MR) is 139 cm³/mol. The summed E-state index contributed by atoms with van der Waals surface area (Å²) in [4.78, 5) is 73.8. The van der Waals surface area contributed by atoms with Gasteiger partial charge in [0.2, 0.25) is 5.95 Å². The van der Waals surface area contributed by atoms with E-state index in [-0.39, 0.29) is 35.5 Å². The van der Waals surface area contributed by atoms with Crippen LogP contribution in [0.4, 0.5) is 11.6 Å². The van der Waals surface area contributed by atoms with Crippen LogP contribution in [0.3, 0.4) is 0 Å². The number of esters is 1. The monoisotopic (exact) mass is 573 g/mol. The molecule has 1 aromatic carbocycles. The maximum atomic E-state index is 12.6. The first-order valence-corrected chi connectivity index (χ1v) is 12.0. The van der Waals surface area contributed by atoms with Gasteiger partial charge in [-0.25, -0.2) is 14.8 Å². The van der Waals surface area contributed by atoms with Crippen molar-refractivity contribution >= 4 is 46.9 Å². The average Bonchev–Trinajstić information content (AvgIpc) is 2.96. The minimum absolute atomic E-state index is 0.0217. The van der Waals surface area contributed by atoms with Gasteiger partial charge in [0.15, 0.2) is 23.6 Å². The van der Waals surface area contributed by atoms with Crippen LogP contribution in [0.5, 0.6) is 0 Å². The molecule has 3 rings (SSSR count). The summed E-state index contributed by atoms with van der Waals surface area (Å²) in [7, 11) is 0. The molecule has 0 bridgehead atoms. The van der Waals surface area contributed by atoms with Crippen molar-refractivity contribution in [1.82, 2.24) is 25.3 Å². The minimum atomic E-state index is -1.88. The van der Waals surface area contributed by atoms with Crippen LogP contribution in [0.15, 0.2) is 35.3 Å². The summed E-state index contributed by atoms with van der Waals surface area (Å²) in [5, 5.41) is 42.7. The number of ether oxygens (including phenoxy) is 1. The van der Waals surface area contributed by atoms with E-state index in [4.69, 9.17) is 15.6 Å². The minimum Gasteiger partial charge on any atom is -0.480 e. The number of benzene rings is 1. The summed E-state index contributed by atoms with van der Waals surface area (Å²) in [5.41, 5.74) is 6.20. The Hall–Kier alpha value is -5.00. The first-order chi connectivity index (χ1) is 19.5. The van der Waals surface area contributed by atoms with Gasteiger partial charge >= 0.3 is 11.9 Å². The predicted octanol–water partition coefficient (Wildman–Crippen LogP) is -2.30. The van der Waals surface area contributed by atoms with Crippen molar-refractivity contribution in [3.8, 4) is 0 Å². The third kappa shape index (κ3) is 8.24. The molecule has 9 N–H and O–H groups in total. The Morgan fingerprint density at radius 3 is 2.49 bits per heavy atom. The normalized spacial score (nSPS) is 13.9. The van der Waals surface area contributed by atoms with Crippen molar-refractivity contribution in [3.05, 3.63) is 52.1 Å². The zero-order valence-electron chi connectivity index (χ0n) is 21.3. The number of nitrogens with zero attached hydrogens (tertiary/aromatic N) is 3. The second kappa shape index (κ2) is 13.9. The molecule has 4 atom stereocenters. The fourth-order valence-electron chi connectivity index (χ4n) is 3.47. The number of carbonyl (C=O) groups excluding carboxylic acids is 3. The highest BCUT2D eigenvalue weighted by molar-refractivity contribution is 5.97. The summed E-state index contributed by atoms with van der Waals surface area (Å²) in [6.45, 7) is -0.709. The molecule has 2 aromatic heterocycles. The van der Waals surface area contributed by atoms with Crippen molar-refractivity contribution in [2.24, 2.45) is 0 Å². The maximum absolute atomic E-state index is 12.6. The fourth-order valence-corrected chi connectivity index (χ4v) is 3.47. The van der Waals surface area contributed by atoms with Gasteiger partial charge in [-0.05, 0) is 30.7 Å². The highest BCUT2D eigenvalue weighted by Gasteiger charge is 2.30. The number of aromatic nitrogens is 4. The van der Waals surface area contributed by atoms with Gasteiger partial charge in [-0.3, -0.25) is 24.2 Å². The van der Waals surface area contributed by atoms with Gasteiger partial charge in [-0.2, -0.15) is 4.98 Å². The van der Waals surface area contributed by atoms with Gasteiger partial charge < -0.3 is 41.5 Å². The van der Waals surface area contributed by atoms with E-state index in [1.165, 1.54) is 18.3 Å². The van der Waals surface area contributed by atoms with Crippen LogP contribution in [0, 0.1) is 0 Å². The SMILES string of the molecule is Nc1nc2ncc(CNc3ccc(C(=O)NC(CCC(=O)O[C@@H](C=O)[C@H](O)[C@H](O)CO)C(=O)O)cc3)nc2c(=O)[nH]1. The molecule has 0 saturated heterocycles. The lowest BCUT2D eigenvalue weighted by Gasteiger charge is -2.22. The average molecular weight is 574 g/mol. The maximum Gasteiger partial charge on any atom is 0.326 e. The van der Waals surface area contributed by atoms with E-state index < -0.39 is 67.2 Å². The lowest BCUT2D eigenvalue weighted by molar-refractivity contribution is -0.164. The van der Waals surface area contributed by atoms with Crippen LogP contribution in [-0.2, 0) is 25.7 Å². The number of carbonyl (C=O) groups is 4. The van der Waals surface area contributed by atoms with E-state index in [1.807, 2.05) is 0 Å². The van der Waals surface area contributed by atoms with Crippen molar-refractivity contribution in [2.45, 2.75) is 43.7 Å². The number of aliphatic carboxylic acids is 1. The van der Waals surface area contributed by atoms with Crippen LogP contribution in [-0.4, -0.2) is 95.5 Å². The third-order valence-electron chi connectivity index (χ3n) is 5.67. The molecule has 2 heterocycles. The number of nitrogen functional groups attached to an aromatic ring is 1. The summed E-state index contributed by atoms with van der Waals surface area (Å²) in [5.74, 6) is -3.32. The second-order valence-corrected chi connectivity index (χ2v) is 8.65. The number of fused-ring (bicyclic) bond motifs is 1. The van der Waals surface area contributed by atoms with Gasteiger partial charge in [0.25, 0.3) is 11.5 Å². The van der Waals surface area contributed by atoms with E-state index in [2.05, 4.69) is 30.6 Å². The van der Waals surface area contributed by atoms with E-state index in [1.54, 1.807) is 12.1 Å². The van der Waals surface area contributed by atoms with Crippen molar-refractivity contribution in [1.29, 1.82) is 0 Å². The Morgan fingerprint density at radius 1 is 1.15 bits per heavy atom. The Bertz CT molecular complexity index is 1460. The quantitative estimate of drug-likeness (QED) is 0.0743. The van der Waals surface area contributed by atoms with Gasteiger partial charge in [0.1, 0.15) is 18.2 Å². The Balaban J connectivity index is 1.54. The number of aldehydes is 1. The molecular weight excluding hydrogens is 546 g/mol. The van der Waals surface area contributed by atoms with Gasteiger partial charge in [-0.1, -0.05) is 0 Å². The number of aliphatic hydroxyl groups is 3. The molecular formula is C24H27N7O10. The van der Waals surface area contributed by atoms with Gasteiger partial charge in [0.05, 0.1) is 25.0 Å². The summed E-state index contributed by atoms with van der Waals surface area (Å²) in [6, 6.07) is 4.47. The first-order valence-electron chi connectivity index (χ1n) is 12.0. The number of aromatic amines is 1.